The summed E-state index contributed by atoms with van der Waals surface area (Å²) in [6, 6.07) is 0. The van der Waals surface area contributed by atoms with E-state index in [2.05, 4.69) is 24.1 Å². The van der Waals surface area contributed by atoms with Crippen LogP contribution in [0.4, 0.5) is 0 Å². The number of likely N-dealkylation sites (N-methyl/N-ethyl adjacent to an activating group) is 1. The van der Waals surface area contributed by atoms with Gasteiger partial charge in [-0.05, 0) is 38.1 Å². The van der Waals surface area contributed by atoms with Gasteiger partial charge < -0.3 is 15.0 Å². The predicted molar refractivity (Wildman–Crippen MR) is 71.2 cm³/mol. The van der Waals surface area contributed by atoms with Crippen molar-refractivity contribution in [1.82, 2.24) is 10.2 Å². The van der Waals surface area contributed by atoms with Gasteiger partial charge in [-0.2, -0.15) is 0 Å². The number of ether oxygens (including phenoxy) is 1. The quantitative estimate of drug-likeness (QED) is 0.810. The lowest BCUT2D eigenvalue weighted by Gasteiger charge is -2.36. The highest BCUT2D eigenvalue weighted by Crippen LogP contribution is 2.24. The van der Waals surface area contributed by atoms with Gasteiger partial charge in [0.05, 0.1) is 12.2 Å². The summed E-state index contributed by atoms with van der Waals surface area (Å²) in [4.78, 5) is 2.62. The summed E-state index contributed by atoms with van der Waals surface area (Å²) in [5.41, 5.74) is 0. The van der Waals surface area contributed by atoms with Gasteiger partial charge in [0.25, 0.3) is 0 Å². The molecule has 2 fully saturated rings. The lowest BCUT2D eigenvalue weighted by Crippen LogP contribution is -2.42. The van der Waals surface area contributed by atoms with E-state index in [0.717, 1.165) is 24.9 Å². The Hall–Kier alpha value is -0.120. The molecule has 2 rings (SSSR count). The molecule has 100 valence electrons. The summed E-state index contributed by atoms with van der Waals surface area (Å²) in [5.74, 6) is 1.71. The first kappa shape index (κ1) is 13.3. The maximum Gasteiger partial charge on any atom is 0.0707 e. The Bertz CT molecular complexity index is 224. The summed E-state index contributed by atoms with van der Waals surface area (Å²) in [5, 5.41) is 3.21. The van der Waals surface area contributed by atoms with Crippen LogP contribution in [-0.2, 0) is 4.74 Å². The van der Waals surface area contributed by atoms with Crippen molar-refractivity contribution in [3.8, 4) is 0 Å². The number of hydrogen-bond donors (Lipinski definition) is 1. The minimum absolute atomic E-state index is 0.449. The molecule has 0 aliphatic carbocycles. The zero-order valence-electron chi connectivity index (χ0n) is 11.6. The number of piperidine rings is 1. The van der Waals surface area contributed by atoms with Crippen molar-refractivity contribution in [1.29, 1.82) is 0 Å². The van der Waals surface area contributed by atoms with E-state index in [-0.39, 0.29) is 0 Å². The molecule has 17 heavy (non-hydrogen) atoms. The maximum atomic E-state index is 6.07. The van der Waals surface area contributed by atoms with Gasteiger partial charge in [-0.25, -0.2) is 0 Å². The van der Waals surface area contributed by atoms with E-state index in [4.69, 9.17) is 4.74 Å². The second-order valence-electron chi connectivity index (χ2n) is 6.18. The molecular formula is C14H28N2O. The molecule has 4 unspecified atom stereocenters. The van der Waals surface area contributed by atoms with Crippen LogP contribution in [0.15, 0.2) is 0 Å². The third-order valence-corrected chi connectivity index (χ3v) is 4.03. The predicted octanol–water partition coefficient (Wildman–Crippen LogP) is 1.73. The molecule has 0 bridgehead atoms. The minimum Gasteiger partial charge on any atom is -0.372 e. The number of rotatable bonds is 4. The molecule has 4 atom stereocenters. The van der Waals surface area contributed by atoms with E-state index in [0.29, 0.717) is 12.2 Å². The van der Waals surface area contributed by atoms with Crippen LogP contribution < -0.4 is 5.32 Å². The molecule has 1 N–H and O–H groups in total. The smallest absolute Gasteiger partial charge is 0.0707 e. The average molecular weight is 240 g/mol. The average Bonchev–Trinajstić information content (AvgIpc) is 2.64. The van der Waals surface area contributed by atoms with Crippen molar-refractivity contribution in [2.45, 2.75) is 45.3 Å². The fourth-order valence-electron chi connectivity index (χ4n) is 3.52. The Labute approximate surface area is 106 Å². The van der Waals surface area contributed by atoms with Crippen LogP contribution in [0.2, 0.25) is 0 Å². The lowest BCUT2D eigenvalue weighted by molar-refractivity contribution is 0.0108. The molecule has 0 saturated carbocycles. The van der Waals surface area contributed by atoms with Crippen LogP contribution in [0.3, 0.4) is 0 Å². The molecular weight excluding hydrogens is 212 g/mol. The van der Waals surface area contributed by atoms with Crippen LogP contribution >= 0.6 is 0 Å². The van der Waals surface area contributed by atoms with Crippen LogP contribution in [0, 0.1) is 11.8 Å². The Morgan fingerprint density at radius 2 is 1.76 bits per heavy atom. The molecule has 3 nitrogen and oxygen atoms in total. The van der Waals surface area contributed by atoms with Crippen LogP contribution in [-0.4, -0.2) is 50.3 Å². The Morgan fingerprint density at radius 3 is 2.41 bits per heavy atom. The van der Waals surface area contributed by atoms with E-state index in [1.54, 1.807) is 0 Å². The van der Waals surface area contributed by atoms with Crippen molar-refractivity contribution in [3.63, 3.8) is 0 Å². The Balaban J connectivity index is 1.74. The Kier molecular flexibility index (Phi) is 4.83. The van der Waals surface area contributed by atoms with Gasteiger partial charge in [0, 0.05) is 26.2 Å². The molecule has 2 aliphatic heterocycles. The molecule has 0 aromatic heterocycles. The van der Waals surface area contributed by atoms with Crippen molar-refractivity contribution < 1.29 is 4.74 Å². The first-order valence-corrected chi connectivity index (χ1v) is 7.19. The van der Waals surface area contributed by atoms with Crippen molar-refractivity contribution >= 4 is 0 Å². The van der Waals surface area contributed by atoms with Gasteiger partial charge in [-0.1, -0.05) is 13.8 Å². The molecule has 3 heteroatoms. The van der Waals surface area contributed by atoms with Crippen molar-refractivity contribution in [2.24, 2.45) is 11.8 Å². The van der Waals surface area contributed by atoms with Gasteiger partial charge in [0.15, 0.2) is 0 Å². The summed E-state index contributed by atoms with van der Waals surface area (Å²) in [6.45, 7) is 9.43. The summed E-state index contributed by atoms with van der Waals surface area (Å²) in [6.07, 6.45) is 4.79. The molecule has 2 aliphatic rings. The Morgan fingerprint density at radius 1 is 1.12 bits per heavy atom. The third-order valence-electron chi connectivity index (χ3n) is 4.03. The van der Waals surface area contributed by atoms with E-state index in [1.807, 2.05) is 7.05 Å². The zero-order chi connectivity index (χ0) is 12.3. The summed E-state index contributed by atoms with van der Waals surface area (Å²) < 4.78 is 6.07. The summed E-state index contributed by atoms with van der Waals surface area (Å²) in [7, 11) is 2.00. The normalized spacial score (nSPS) is 39.7. The fourth-order valence-corrected chi connectivity index (χ4v) is 3.52. The molecule has 0 aromatic rings. The SMILES string of the molecule is CNCC1CCC(CN2CC(C)CC(C)C2)O1. The maximum absolute atomic E-state index is 6.07. The minimum atomic E-state index is 0.449. The van der Waals surface area contributed by atoms with Gasteiger partial charge in [-0.15, -0.1) is 0 Å². The highest BCUT2D eigenvalue weighted by molar-refractivity contribution is 4.81. The van der Waals surface area contributed by atoms with Gasteiger partial charge in [0.2, 0.25) is 0 Å². The van der Waals surface area contributed by atoms with Gasteiger partial charge in [-0.3, -0.25) is 0 Å². The van der Waals surface area contributed by atoms with E-state index < -0.39 is 0 Å². The van der Waals surface area contributed by atoms with E-state index in [9.17, 15) is 0 Å². The van der Waals surface area contributed by atoms with Crippen molar-refractivity contribution in [2.75, 3.05) is 33.2 Å². The van der Waals surface area contributed by atoms with Crippen LogP contribution in [0.5, 0.6) is 0 Å². The largest absolute Gasteiger partial charge is 0.372 e. The molecule has 2 heterocycles. The number of nitrogens with zero attached hydrogens (tertiary/aromatic N) is 1. The van der Waals surface area contributed by atoms with Gasteiger partial charge in [0.1, 0.15) is 0 Å². The molecule has 0 aromatic carbocycles. The van der Waals surface area contributed by atoms with Crippen LogP contribution in [0.25, 0.3) is 0 Å². The fraction of sp³-hybridized carbons (Fsp3) is 1.00. The first-order valence-electron chi connectivity index (χ1n) is 7.19. The second-order valence-corrected chi connectivity index (χ2v) is 6.18. The topological polar surface area (TPSA) is 24.5 Å². The zero-order valence-corrected chi connectivity index (χ0v) is 11.6. The molecule has 2 saturated heterocycles. The highest BCUT2D eigenvalue weighted by atomic mass is 16.5. The first-order chi connectivity index (χ1) is 8.17. The highest BCUT2D eigenvalue weighted by Gasteiger charge is 2.29. The van der Waals surface area contributed by atoms with E-state index >= 15 is 0 Å². The van der Waals surface area contributed by atoms with Crippen molar-refractivity contribution in [3.05, 3.63) is 0 Å². The number of nitrogens with one attached hydrogen (secondary N) is 1. The third kappa shape index (κ3) is 3.94. The lowest BCUT2D eigenvalue weighted by atomic mass is 9.91. The molecule has 0 amide bonds. The number of likely N-dealkylation sites (tertiary alicyclic amines) is 1. The van der Waals surface area contributed by atoms with Crippen LogP contribution in [0.1, 0.15) is 33.1 Å². The van der Waals surface area contributed by atoms with Gasteiger partial charge >= 0.3 is 0 Å². The van der Waals surface area contributed by atoms with E-state index in [1.165, 1.54) is 32.4 Å². The summed E-state index contributed by atoms with van der Waals surface area (Å²) >= 11 is 0. The molecule has 0 radical (unpaired) electrons. The second kappa shape index (κ2) is 6.17. The number of hydrogen-bond acceptors (Lipinski definition) is 3. The monoisotopic (exact) mass is 240 g/mol. The molecule has 0 spiro atoms. The standard InChI is InChI=1S/C14H28N2O/c1-11-6-12(2)9-16(8-11)10-14-5-4-13(17-14)7-15-3/h11-15H,4-10H2,1-3H3.